The Morgan fingerprint density at radius 3 is 1.48 bits per heavy atom. The second-order valence-corrected chi connectivity index (χ2v) is 13.9. The van der Waals surface area contributed by atoms with Crippen molar-refractivity contribution in [3.05, 3.63) is 188 Å². The molecule has 0 atom stereocenters. The Balaban J connectivity index is 1.23. The fourth-order valence-corrected chi connectivity index (χ4v) is 8.94. The van der Waals surface area contributed by atoms with Gasteiger partial charge in [-0.15, -0.1) is 11.3 Å². The topological polar surface area (TPSA) is 4.93 Å². The Hall–Kier alpha value is -6.22. The van der Waals surface area contributed by atoms with E-state index in [0.717, 1.165) is 0 Å². The number of benzene rings is 8. The van der Waals surface area contributed by atoms with Crippen molar-refractivity contribution in [1.29, 1.82) is 0 Å². The van der Waals surface area contributed by atoms with Gasteiger partial charge in [0.15, 0.2) is 0 Å². The predicted octanol–water partition coefficient (Wildman–Crippen LogP) is 13.8. The minimum atomic E-state index is 1.17. The molecule has 10 aromatic rings. The fraction of sp³-hybridized carbons (Fsp3) is 0. The monoisotopic (exact) mass is 653 g/mol. The number of nitrogens with zero attached hydrogens (tertiary/aromatic N) is 1. The Labute approximate surface area is 295 Å². The number of hydrogen-bond acceptors (Lipinski definition) is 1. The van der Waals surface area contributed by atoms with Crippen molar-refractivity contribution in [3.63, 3.8) is 0 Å². The molecule has 0 fully saturated rings. The summed E-state index contributed by atoms with van der Waals surface area (Å²) >= 11 is 1.89. The highest BCUT2D eigenvalue weighted by atomic mass is 32.1. The SMILES string of the molecule is c1ccc(-c2ccc3c(c2)c2cc(-c4ccccc4)ccc2n3-c2ccccc2-c2ccccc2-c2cccc3c2sc2ccccc23)cc1. The molecule has 0 saturated carbocycles. The smallest absolute Gasteiger partial charge is 0.0541 e. The van der Waals surface area contributed by atoms with Crippen molar-refractivity contribution < 1.29 is 0 Å². The predicted molar refractivity (Wildman–Crippen MR) is 215 cm³/mol. The van der Waals surface area contributed by atoms with Crippen LogP contribution in [0.5, 0.6) is 0 Å². The van der Waals surface area contributed by atoms with E-state index in [0.29, 0.717) is 0 Å². The van der Waals surface area contributed by atoms with Crippen LogP contribution in [0.4, 0.5) is 0 Å². The molecule has 0 radical (unpaired) electrons. The molecule has 0 N–H and O–H groups in total. The molecule has 0 spiro atoms. The van der Waals surface area contributed by atoms with E-state index in [1.165, 1.54) is 92.2 Å². The summed E-state index contributed by atoms with van der Waals surface area (Å²) in [5.74, 6) is 0. The standard InChI is InChI=1S/C48H31NS/c1-3-14-32(15-4-1)34-26-28-45-42(30-34)43-31-35(33-16-5-2-6-17-33)27-29-46(43)49(45)44-24-11-9-20-38(44)36-18-7-8-19-37(36)40-22-13-23-41-39-21-10-12-25-47(39)50-48(40)41/h1-31H. The molecule has 2 heteroatoms. The first-order valence-corrected chi connectivity index (χ1v) is 17.9. The summed E-state index contributed by atoms with van der Waals surface area (Å²) in [5.41, 5.74) is 13.4. The minimum Gasteiger partial charge on any atom is -0.309 e. The largest absolute Gasteiger partial charge is 0.309 e. The van der Waals surface area contributed by atoms with Crippen LogP contribution in [0.2, 0.25) is 0 Å². The zero-order chi connectivity index (χ0) is 33.0. The zero-order valence-electron chi connectivity index (χ0n) is 27.3. The summed E-state index contributed by atoms with van der Waals surface area (Å²) in [6.07, 6.45) is 0. The molecular weight excluding hydrogens is 623 g/mol. The molecule has 2 heterocycles. The lowest BCUT2D eigenvalue weighted by Gasteiger charge is -2.17. The minimum absolute atomic E-state index is 1.17. The average molecular weight is 654 g/mol. The van der Waals surface area contributed by atoms with Gasteiger partial charge in [-0.25, -0.2) is 0 Å². The number of rotatable bonds is 5. The molecule has 10 rings (SSSR count). The van der Waals surface area contributed by atoms with Crippen LogP contribution in [0.25, 0.3) is 92.2 Å². The van der Waals surface area contributed by atoms with Crippen LogP contribution in [-0.2, 0) is 0 Å². The van der Waals surface area contributed by atoms with Gasteiger partial charge in [0.2, 0.25) is 0 Å². The van der Waals surface area contributed by atoms with Crippen molar-refractivity contribution in [2.24, 2.45) is 0 Å². The van der Waals surface area contributed by atoms with Gasteiger partial charge in [-0.3, -0.25) is 0 Å². The highest BCUT2D eigenvalue weighted by molar-refractivity contribution is 7.26. The van der Waals surface area contributed by atoms with Crippen LogP contribution >= 0.6 is 11.3 Å². The third-order valence-electron chi connectivity index (χ3n) is 10.0. The van der Waals surface area contributed by atoms with E-state index in [9.17, 15) is 0 Å². The number of fused-ring (bicyclic) bond motifs is 6. The van der Waals surface area contributed by atoms with E-state index < -0.39 is 0 Å². The van der Waals surface area contributed by atoms with E-state index in [1.54, 1.807) is 0 Å². The molecule has 0 aliphatic heterocycles. The molecule has 1 nitrogen and oxygen atoms in total. The van der Waals surface area contributed by atoms with Gasteiger partial charge in [0.05, 0.1) is 16.7 Å². The van der Waals surface area contributed by atoms with Gasteiger partial charge in [-0.1, -0.05) is 152 Å². The first kappa shape index (κ1) is 28.8. The summed E-state index contributed by atoms with van der Waals surface area (Å²) in [6.45, 7) is 0. The molecule has 2 aromatic heterocycles. The van der Waals surface area contributed by atoms with Crippen molar-refractivity contribution in [2.45, 2.75) is 0 Å². The van der Waals surface area contributed by atoms with Crippen molar-refractivity contribution in [2.75, 3.05) is 0 Å². The van der Waals surface area contributed by atoms with E-state index in [-0.39, 0.29) is 0 Å². The molecule has 50 heavy (non-hydrogen) atoms. The molecule has 8 aromatic carbocycles. The van der Waals surface area contributed by atoms with Crippen LogP contribution in [0.1, 0.15) is 0 Å². The van der Waals surface area contributed by atoms with E-state index in [2.05, 4.69) is 193 Å². The molecule has 234 valence electrons. The van der Waals surface area contributed by atoms with Crippen LogP contribution < -0.4 is 0 Å². The van der Waals surface area contributed by atoms with Gasteiger partial charge in [0.25, 0.3) is 0 Å². The van der Waals surface area contributed by atoms with Gasteiger partial charge < -0.3 is 4.57 Å². The lowest BCUT2D eigenvalue weighted by Crippen LogP contribution is -1.98. The number of para-hydroxylation sites is 1. The lowest BCUT2D eigenvalue weighted by molar-refractivity contribution is 1.18. The Morgan fingerprint density at radius 2 is 0.820 bits per heavy atom. The summed E-state index contributed by atoms with van der Waals surface area (Å²) in [5, 5.41) is 5.13. The second kappa shape index (κ2) is 11.7. The summed E-state index contributed by atoms with van der Waals surface area (Å²) in [4.78, 5) is 0. The van der Waals surface area contributed by atoms with Gasteiger partial charge in [-0.2, -0.15) is 0 Å². The molecule has 0 unspecified atom stereocenters. The van der Waals surface area contributed by atoms with Crippen molar-refractivity contribution in [1.82, 2.24) is 4.57 Å². The molecule has 0 aliphatic rings. The molecule has 0 bridgehead atoms. The Kier molecular flexibility index (Phi) is 6.75. The van der Waals surface area contributed by atoms with E-state index >= 15 is 0 Å². The second-order valence-electron chi connectivity index (χ2n) is 12.9. The number of hydrogen-bond donors (Lipinski definition) is 0. The van der Waals surface area contributed by atoms with Crippen molar-refractivity contribution >= 4 is 53.3 Å². The highest BCUT2D eigenvalue weighted by Gasteiger charge is 2.20. The maximum atomic E-state index is 2.47. The molecule has 0 saturated heterocycles. The zero-order valence-corrected chi connectivity index (χ0v) is 28.1. The third kappa shape index (κ3) is 4.61. The van der Waals surface area contributed by atoms with Gasteiger partial charge in [0.1, 0.15) is 0 Å². The molecular formula is C48H31NS. The maximum Gasteiger partial charge on any atom is 0.0541 e. The Morgan fingerprint density at radius 1 is 0.320 bits per heavy atom. The van der Waals surface area contributed by atoms with Crippen LogP contribution in [-0.4, -0.2) is 4.57 Å². The normalized spacial score (nSPS) is 11.6. The van der Waals surface area contributed by atoms with Crippen molar-refractivity contribution in [3.8, 4) is 50.2 Å². The third-order valence-corrected chi connectivity index (χ3v) is 11.3. The van der Waals surface area contributed by atoms with E-state index in [4.69, 9.17) is 0 Å². The molecule has 0 amide bonds. The number of thiophene rings is 1. The fourth-order valence-electron chi connectivity index (χ4n) is 7.71. The first-order valence-electron chi connectivity index (χ1n) is 17.1. The lowest BCUT2D eigenvalue weighted by atomic mass is 9.92. The summed E-state index contributed by atoms with van der Waals surface area (Å²) in [6, 6.07) is 68.6. The van der Waals surface area contributed by atoms with Crippen LogP contribution in [0.3, 0.4) is 0 Å². The van der Waals surface area contributed by atoms with Gasteiger partial charge in [0, 0.05) is 42.1 Å². The van der Waals surface area contributed by atoms with Gasteiger partial charge in [-0.05, 0) is 69.8 Å². The first-order chi connectivity index (χ1) is 24.8. The number of aromatic nitrogens is 1. The quantitative estimate of drug-likeness (QED) is 0.174. The van der Waals surface area contributed by atoms with E-state index in [1.807, 2.05) is 11.3 Å². The summed E-state index contributed by atoms with van der Waals surface area (Å²) in [7, 11) is 0. The van der Waals surface area contributed by atoms with Crippen LogP contribution in [0, 0.1) is 0 Å². The maximum absolute atomic E-state index is 2.47. The average Bonchev–Trinajstić information content (AvgIpc) is 3.74. The van der Waals surface area contributed by atoms with Crippen LogP contribution in [0.15, 0.2) is 188 Å². The van der Waals surface area contributed by atoms with Gasteiger partial charge >= 0.3 is 0 Å². The molecule has 0 aliphatic carbocycles. The highest BCUT2D eigenvalue weighted by Crippen LogP contribution is 2.45. The summed E-state index contributed by atoms with van der Waals surface area (Å²) < 4.78 is 5.13. The Bertz CT molecular complexity index is 2760.